The standard InChI is InChI=1S/C11H22N2O3S/c1-12(2)8-5-6-9-13(3)10-7-11-17(14,15)16-4/h7-11H2,1-4H3. The molecule has 0 aliphatic heterocycles. The van der Waals surface area contributed by atoms with Gasteiger partial charge in [-0.2, -0.15) is 8.42 Å². The van der Waals surface area contributed by atoms with Crippen molar-refractivity contribution in [2.45, 2.75) is 6.42 Å². The fourth-order valence-corrected chi connectivity index (χ4v) is 1.73. The van der Waals surface area contributed by atoms with Crippen molar-refractivity contribution in [2.24, 2.45) is 0 Å². The number of nitrogens with zero attached hydrogens (tertiary/aromatic N) is 2. The zero-order valence-electron chi connectivity index (χ0n) is 11.1. The van der Waals surface area contributed by atoms with Gasteiger partial charge in [0.2, 0.25) is 0 Å². The summed E-state index contributed by atoms with van der Waals surface area (Å²) in [7, 11) is 3.72. The highest BCUT2D eigenvalue weighted by atomic mass is 32.2. The van der Waals surface area contributed by atoms with Crippen molar-refractivity contribution in [3.63, 3.8) is 0 Å². The predicted molar refractivity (Wildman–Crippen MR) is 69.2 cm³/mol. The van der Waals surface area contributed by atoms with Crippen LogP contribution in [-0.2, 0) is 14.3 Å². The SMILES string of the molecule is COS(=O)(=O)CCCN(C)CC#CCN(C)C. The van der Waals surface area contributed by atoms with Crippen LogP contribution in [-0.4, -0.2) is 71.9 Å². The number of hydrogen-bond donors (Lipinski definition) is 0. The Morgan fingerprint density at radius 2 is 1.71 bits per heavy atom. The highest BCUT2D eigenvalue weighted by Gasteiger charge is 2.08. The maximum atomic E-state index is 11.0. The summed E-state index contributed by atoms with van der Waals surface area (Å²) in [6.07, 6.45) is 0.558. The van der Waals surface area contributed by atoms with Gasteiger partial charge in [0.15, 0.2) is 0 Å². The molecular weight excluding hydrogens is 240 g/mol. The van der Waals surface area contributed by atoms with Crippen molar-refractivity contribution in [3.8, 4) is 11.8 Å². The lowest BCUT2D eigenvalue weighted by atomic mass is 10.4. The minimum atomic E-state index is -3.32. The third-order valence-electron chi connectivity index (χ3n) is 2.06. The molecule has 0 rings (SSSR count). The van der Waals surface area contributed by atoms with Crippen molar-refractivity contribution < 1.29 is 12.6 Å². The first kappa shape index (κ1) is 16.4. The summed E-state index contributed by atoms with van der Waals surface area (Å²) < 4.78 is 26.4. The van der Waals surface area contributed by atoms with Crippen LogP contribution in [0.5, 0.6) is 0 Å². The minimum absolute atomic E-state index is 0.0545. The maximum Gasteiger partial charge on any atom is 0.267 e. The van der Waals surface area contributed by atoms with E-state index in [0.717, 1.165) is 6.54 Å². The lowest BCUT2D eigenvalue weighted by molar-refractivity contribution is 0.365. The van der Waals surface area contributed by atoms with Crippen LogP contribution in [0.15, 0.2) is 0 Å². The first-order valence-corrected chi connectivity index (χ1v) is 7.02. The molecule has 0 aromatic rings. The molecule has 5 nitrogen and oxygen atoms in total. The van der Waals surface area contributed by atoms with E-state index in [-0.39, 0.29) is 5.75 Å². The Hall–Kier alpha value is -0.610. The molecule has 0 saturated heterocycles. The van der Waals surface area contributed by atoms with E-state index in [9.17, 15) is 8.42 Å². The molecule has 0 amide bonds. The molecule has 0 aromatic heterocycles. The van der Waals surface area contributed by atoms with Crippen LogP contribution < -0.4 is 0 Å². The summed E-state index contributed by atoms with van der Waals surface area (Å²) in [6.45, 7) is 2.09. The lowest BCUT2D eigenvalue weighted by Gasteiger charge is -2.12. The average molecular weight is 262 g/mol. The van der Waals surface area contributed by atoms with Gasteiger partial charge in [0.1, 0.15) is 0 Å². The Morgan fingerprint density at radius 3 is 2.24 bits per heavy atom. The second kappa shape index (κ2) is 8.48. The Bertz CT molecular complexity index is 355. The van der Waals surface area contributed by atoms with E-state index in [4.69, 9.17) is 0 Å². The number of rotatable bonds is 7. The van der Waals surface area contributed by atoms with Crippen LogP contribution in [0.4, 0.5) is 0 Å². The summed E-state index contributed by atoms with van der Waals surface area (Å²) in [5, 5.41) is 0. The van der Waals surface area contributed by atoms with Gasteiger partial charge in [-0.1, -0.05) is 11.8 Å². The molecule has 0 unspecified atom stereocenters. The first-order chi connectivity index (χ1) is 7.87. The zero-order chi connectivity index (χ0) is 13.3. The van der Waals surface area contributed by atoms with Crippen LogP contribution >= 0.6 is 0 Å². The number of hydrogen-bond acceptors (Lipinski definition) is 5. The van der Waals surface area contributed by atoms with E-state index in [1.54, 1.807) is 0 Å². The Morgan fingerprint density at radius 1 is 1.12 bits per heavy atom. The first-order valence-electron chi connectivity index (χ1n) is 5.44. The summed E-state index contributed by atoms with van der Waals surface area (Å²) in [5.74, 6) is 6.11. The van der Waals surface area contributed by atoms with E-state index in [1.165, 1.54) is 7.11 Å². The third-order valence-corrected chi connectivity index (χ3v) is 3.35. The Balaban J connectivity index is 3.73. The molecule has 0 radical (unpaired) electrons. The Kier molecular flexibility index (Phi) is 8.17. The molecule has 100 valence electrons. The van der Waals surface area contributed by atoms with Gasteiger partial charge in [0, 0.05) is 0 Å². The summed E-state index contributed by atoms with van der Waals surface area (Å²) in [4.78, 5) is 3.99. The van der Waals surface area contributed by atoms with Gasteiger partial charge >= 0.3 is 0 Å². The molecule has 0 aromatic carbocycles. The molecule has 17 heavy (non-hydrogen) atoms. The molecule has 0 bridgehead atoms. The van der Waals surface area contributed by atoms with Gasteiger partial charge in [-0.05, 0) is 34.1 Å². The molecule has 0 N–H and O–H groups in total. The molecular formula is C11H22N2O3S. The van der Waals surface area contributed by atoms with E-state index in [2.05, 4.69) is 16.0 Å². The second-order valence-corrected chi connectivity index (χ2v) is 5.97. The van der Waals surface area contributed by atoms with Crippen molar-refractivity contribution in [2.75, 3.05) is 53.6 Å². The summed E-state index contributed by atoms with van der Waals surface area (Å²) in [6, 6.07) is 0. The van der Waals surface area contributed by atoms with Gasteiger partial charge < -0.3 is 0 Å². The van der Waals surface area contributed by atoms with Crippen LogP contribution in [0.25, 0.3) is 0 Å². The van der Waals surface area contributed by atoms with Crippen molar-refractivity contribution in [1.29, 1.82) is 0 Å². The molecule has 0 saturated carbocycles. The monoisotopic (exact) mass is 262 g/mol. The largest absolute Gasteiger partial charge is 0.299 e. The Labute approximate surface area is 105 Å². The van der Waals surface area contributed by atoms with E-state index < -0.39 is 10.1 Å². The highest BCUT2D eigenvalue weighted by molar-refractivity contribution is 7.86. The summed E-state index contributed by atoms with van der Waals surface area (Å²) >= 11 is 0. The van der Waals surface area contributed by atoms with Crippen LogP contribution in [0, 0.1) is 11.8 Å². The maximum absolute atomic E-state index is 11.0. The normalized spacial score (nSPS) is 11.6. The molecule has 0 heterocycles. The van der Waals surface area contributed by atoms with Crippen LogP contribution in [0.1, 0.15) is 6.42 Å². The molecule has 0 spiro atoms. The van der Waals surface area contributed by atoms with Gasteiger partial charge in [-0.3, -0.25) is 14.0 Å². The quantitative estimate of drug-likeness (QED) is 0.472. The van der Waals surface area contributed by atoms with Gasteiger partial charge in [-0.25, -0.2) is 0 Å². The second-order valence-electron chi connectivity index (χ2n) is 4.11. The molecule has 0 fully saturated rings. The molecule has 0 aliphatic rings. The van der Waals surface area contributed by atoms with Gasteiger partial charge in [-0.15, -0.1) is 0 Å². The third kappa shape index (κ3) is 10.3. The molecule has 0 atom stereocenters. The molecule has 0 aliphatic carbocycles. The van der Waals surface area contributed by atoms with Crippen molar-refractivity contribution in [3.05, 3.63) is 0 Å². The van der Waals surface area contributed by atoms with Crippen molar-refractivity contribution in [1.82, 2.24) is 9.80 Å². The van der Waals surface area contributed by atoms with Crippen LogP contribution in [0.2, 0.25) is 0 Å². The topological polar surface area (TPSA) is 49.9 Å². The van der Waals surface area contributed by atoms with Crippen molar-refractivity contribution >= 4 is 10.1 Å². The van der Waals surface area contributed by atoms with E-state index >= 15 is 0 Å². The average Bonchev–Trinajstić information content (AvgIpc) is 2.24. The van der Waals surface area contributed by atoms with Gasteiger partial charge in [0.25, 0.3) is 10.1 Å². The van der Waals surface area contributed by atoms with Crippen LogP contribution in [0.3, 0.4) is 0 Å². The fraction of sp³-hybridized carbons (Fsp3) is 0.818. The molecule has 6 heteroatoms. The smallest absolute Gasteiger partial charge is 0.267 e. The fourth-order valence-electron chi connectivity index (χ4n) is 1.08. The van der Waals surface area contributed by atoms with Gasteiger partial charge in [0.05, 0.1) is 26.0 Å². The van der Waals surface area contributed by atoms with E-state index in [0.29, 0.717) is 19.5 Å². The van der Waals surface area contributed by atoms with E-state index in [1.807, 2.05) is 30.9 Å². The lowest BCUT2D eigenvalue weighted by Crippen LogP contribution is -2.22. The highest BCUT2D eigenvalue weighted by Crippen LogP contribution is 1.95. The minimum Gasteiger partial charge on any atom is -0.299 e. The summed E-state index contributed by atoms with van der Waals surface area (Å²) in [5.41, 5.74) is 0. The predicted octanol–water partition coefficient (Wildman–Crippen LogP) is -0.150. The zero-order valence-corrected chi connectivity index (χ0v) is 11.9.